The second-order valence-electron chi connectivity index (χ2n) is 12.7. The summed E-state index contributed by atoms with van der Waals surface area (Å²) in [5, 5.41) is 20.7. The molecule has 4 rings (SSSR count). The van der Waals surface area contributed by atoms with Crippen molar-refractivity contribution in [2.75, 3.05) is 6.61 Å². The lowest BCUT2D eigenvalue weighted by atomic mass is 9.40. The van der Waals surface area contributed by atoms with Crippen LogP contribution in [0.2, 0.25) is 0 Å². The van der Waals surface area contributed by atoms with Crippen LogP contribution in [0.3, 0.4) is 0 Å². The van der Waals surface area contributed by atoms with Crippen molar-refractivity contribution in [3.05, 3.63) is 0 Å². The van der Waals surface area contributed by atoms with Gasteiger partial charge in [0.25, 0.3) is 0 Å². The molecule has 0 spiro atoms. The van der Waals surface area contributed by atoms with E-state index in [1.165, 1.54) is 77.0 Å². The second-order valence-corrected chi connectivity index (χ2v) is 12.7. The van der Waals surface area contributed by atoms with Gasteiger partial charge < -0.3 is 10.2 Å². The van der Waals surface area contributed by atoms with Gasteiger partial charge in [0.1, 0.15) is 0 Å². The largest absolute Gasteiger partial charge is 0.396 e. The first kappa shape index (κ1) is 23.1. The number of aliphatic hydroxyl groups is 2. The highest BCUT2D eigenvalue weighted by atomic mass is 16.3. The van der Waals surface area contributed by atoms with Crippen molar-refractivity contribution in [1.29, 1.82) is 0 Å². The Morgan fingerprint density at radius 2 is 1.60 bits per heavy atom. The molecular weight excluding hydrogens is 368 g/mol. The molecule has 9 atom stereocenters. The number of unbranched alkanes of at least 4 members (excludes halogenated alkanes) is 3. The van der Waals surface area contributed by atoms with Crippen molar-refractivity contribution < 1.29 is 10.2 Å². The first-order chi connectivity index (χ1) is 14.3. The minimum absolute atomic E-state index is 0.0436. The van der Waals surface area contributed by atoms with Crippen molar-refractivity contribution in [3.63, 3.8) is 0 Å². The van der Waals surface area contributed by atoms with Gasteiger partial charge in [-0.1, -0.05) is 53.4 Å². The number of fused-ring (bicyclic) bond motifs is 5. The van der Waals surface area contributed by atoms with Crippen molar-refractivity contribution in [2.24, 2.45) is 45.8 Å². The molecular formula is C28H50O2. The van der Waals surface area contributed by atoms with Crippen LogP contribution in [0.25, 0.3) is 0 Å². The monoisotopic (exact) mass is 418 g/mol. The highest BCUT2D eigenvalue weighted by Crippen LogP contribution is 2.73. The van der Waals surface area contributed by atoms with E-state index in [-0.39, 0.29) is 6.10 Å². The Balaban J connectivity index is 1.52. The van der Waals surface area contributed by atoms with Crippen molar-refractivity contribution in [2.45, 2.75) is 124 Å². The van der Waals surface area contributed by atoms with Gasteiger partial charge in [0, 0.05) is 6.61 Å². The Hall–Kier alpha value is -0.0800. The molecule has 2 N–H and O–H groups in total. The molecule has 4 fully saturated rings. The van der Waals surface area contributed by atoms with E-state index in [1.54, 1.807) is 0 Å². The molecule has 0 heterocycles. The lowest BCUT2D eigenvalue weighted by Gasteiger charge is -2.65. The standard InChI is InChI=1S/C28H50O2/c1-5-6-7-8-9-20(19-29)23-13-16-28(4)25-11-10-21-18-22(30)12-15-26(21,2)24(25)14-17-27(23,28)3/h20-25,29-30H,5-19H2,1-4H3. The Morgan fingerprint density at radius 3 is 2.33 bits per heavy atom. The summed E-state index contributed by atoms with van der Waals surface area (Å²) in [6.45, 7) is 10.6. The molecule has 174 valence electrons. The third-order valence-corrected chi connectivity index (χ3v) is 11.8. The molecule has 2 heteroatoms. The minimum Gasteiger partial charge on any atom is -0.396 e. The maximum absolute atomic E-state index is 10.4. The summed E-state index contributed by atoms with van der Waals surface area (Å²) >= 11 is 0. The fraction of sp³-hybridized carbons (Fsp3) is 1.00. The van der Waals surface area contributed by atoms with Crippen LogP contribution in [0.15, 0.2) is 0 Å². The predicted molar refractivity (Wildman–Crippen MR) is 125 cm³/mol. The van der Waals surface area contributed by atoms with Gasteiger partial charge in [0.15, 0.2) is 0 Å². The van der Waals surface area contributed by atoms with E-state index in [0.717, 1.165) is 30.6 Å². The highest BCUT2D eigenvalue weighted by molar-refractivity contribution is 5.14. The van der Waals surface area contributed by atoms with Crippen LogP contribution in [0.4, 0.5) is 0 Å². The molecule has 0 bridgehead atoms. The lowest BCUT2D eigenvalue weighted by molar-refractivity contribution is -0.167. The lowest BCUT2D eigenvalue weighted by Crippen LogP contribution is -2.58. The molecule has 4 saturated carbocycles. The molecule has 2 nitrogen and oxygen atoms in total. The minimum atomic E-state index is -0.0436. The molecule has 4 aliphatic rings. The highest BCUT2D eigenvalue weighted by Gasteiger charge is 2.65. The Kier molecular flexibility index (Phi) is 6.69. The van der Waals surface area contributed by atoms with E-state index >= 15 is 0 Å². The van der Waals surface area contributed by atoms with Crippen LogP contribution in [-0.2, 0) is 0 Å². The van der Waals surface area contributed by atoms with E-state index in [2.05, 4.69) is 27.7 Å². The molecule has 9 unspecified atom stereocenters. The van der Waals surface area contributed by atoms with Gasteiger partial charge in [-0.3, -0.25) is 0 Å². The maximum Gasteiger partial charge on any atom is 0.0543 e. The zero-order chi connectivity index (χ0) is 21.6. The van der Waals surface area contributed by atoms with Gasteiger partial charge in [-0.2, -0.15) is 0 Å². The number of rotatable bonds is 7. The maximum atomic E-state index is 10.4. The Morgan fingerprint density at radius 1 is 0.833 bits per heavy atom. The molecule has 0 aromatic rings. The number of hydrogen-bond donors (Lipinski definition) is 2. The van der Waals surface area contributed by atoms with Gasteiger partial charge in [-0.25, -0.2) is 0 Å². The smallest absolute Gasteiger partial charge is 0.0543 e. The number of aliphatic hydroxyl groups excluding tert-OH is 2. The average Bonchev–Trinajstić information content (AvgIpc) is 3.00. The van der Waals surface area contributed by atoms with E-state index in [9.17, 15) is 10.2 Å². The van der Waals surface area contributed by atoms with Crippen LogP contribution in [0.1, 0.15) is 118 Å². The van der Waals surface area contributed by atoms with E-state index in [4.69, 9.17) is 0 Å². The zero-order valence-corrected chi connectivity index (χ0v) is 20.5. The number of hydrogen-bond acceptors (Lipinski definition) is 2. The van der Waals surface area contributed by atoms with Crippen molar-refractivity contribution in [3.8, 4) is 0 Å². The average molecular weight is 419 g/mol. The van der Waals surface area contributed by atoms with Crippen LogP contribution in [0, 0.1) is 45.8 Å². The van der Waals surface area contributed by atoms with E-state index < -0.39 is 0 Å². The summed E-state index contributed by atoms with van der Waals surface area (Å²) in [5.74, 6) is 3.70. The van der Waals surface area contributed by atoms with Crippen LogP contribution >= 0.6 is 0 Å². The van der Waals surface area contributed by atoms with Gasteiger partial charge in [-0.05, 0) is 110 Å². The SMILES string of the molecule is CCCCCCC(CO)C1CCC2(C)C3CCC4CC(O)CCC4(C)C3CCC12C. The molecule has 0 saturated heterocycles. The summed E-state index contributed by atoms with van der Waals surface area (Å²) in [6.07, 6.45) is 18.0. The summed E-state index contributed by atoms with van der Waals surface area (Å²) in [6, 6.07) is 0. The van der Waals surface area contributed by atoms with Gasteiger partial charge in [0.05, 0.1) is 6.10 Å². The molecule has 0 aromatic heterocycles. The van der Waals surface area contributed by atoms with E-state index in [0.29, 0.717) is 34.7 Å². The first-order valence-electron chi connectivity index (χ1n) is 13.6. The topological polar surface area (TPSA) is 40.5 Å². The fourth-order valence-electron chi connectivity index (χ4n) is 9.70. The van der Waals surface area contributed by atoms with E-state index in [1.807, 2.05) is 0 Å². The van der Waals surface area contributed by atoms with Crippen molar-refractivity contribution >= 4 is 0 Å². The second kappa shape index (κ2) is 8.69. The fourth-order valence-corrected chi connectivity index (χ4v) is 9.70. The third kappa shape index (κ3) is 3.51. The van der Waals surface area contributed by atoms with Crippen LogP contribution in [-0.4, -0.2) is 22.9 Å². The van der Waals surface area contributed by atoms with Gasteiger partial charge in [-0.15, -0.1) is 0 Å². The van der Waals surface area contributed by atoms with Crippen molar-refractivity contribution in [1.82, 2.24) is 0 Å². The first-order valence-corrected chi connectivity index (χ1v) is 13.6. The summed E-state index contributed by atoms with van der Waals surface area (Å²) in [4.78, 5) is 0. The predicted octanol–water partition coefficient (Wildman–Crippen LogP) is 6.98. The Bertz CT molecular complexity index is 589. The van der Waals surface area contributed by atoms with Gasteiger partial charge in [0.2, 0.25) is 0 Å². The molecule has 30 heavy (non-hydrogen) atoms. The normalized spacial score (nSPS) is 49.2. The van der Waals surface area contributed by atoms with Crippen LogP contribution < -0.4 is 0 Å². The molecule has 0 aromatic carbocycles. The van der Waals surface area contributed by atoms with Crippen LogP contribution in [0.5, 0.6) is 0 Å². The third-order valence-electron chi connectivity index (χ3n) is 11.8. The summed E-state index contributed by atoms with van der Waals surface area (Å²) in [5.41, 5.74) is 1.31. The molecule has 0 amide bonds. The Labute approximate surface area is 186 Å². The summed E-state index contributed by atoms with van der Waals surface area (Å²) < 4.78 is 0. The summed E-state index contributed by atoms with van der Waals surface area (Å²) in [7, 11) is 0. The molecule has 0 radical (unpaired) electrons. The quantitative estimate of drug-likeness (QED) is 0.438. The van der Waals surface area contributed by atoms with Gasteiger partial charge >= 0.3 is 0 Å². The zero-order valence-electron chi connectivity index (χ0n) is 20.5. The molecule has 4 aliphatic carbocycles. The molecule has 0 aliphatic heterocycles.